The lowest BCUT2D eigenvalue weighted by molar-refractivity contribution is -0.347. The number of aliphatic hydroxyl groups is 3. The van der Waals surface area contributed by atoms with Crippen molar-refractivity contribution in [3.63, 3.8) is 0 Å². The van der Waals surface area contributed by atoms with Gasteiger partial charge in [-0.05, 0) is 65.0 Å². The summed E-state index contributed by atoms with van der Waals surface area (Å²) in [5.74, 6) is -5.88. The number of fused-ring (bicyclic) bond motifs is 6. The van der Waals surface area contributed by atoms with Crippen molar-refractivity contribution in [1.29, 1.82) is 0 Å². The van der Waals surface area contributed by atoms with Crippen LogP contribution in [0, 0.1) is 16.7 Å². The number of amides is 1. The molecule has 0 spiro atoms. The average molecular weight is 792 g/mol. The number of carbonyl (C=O) groups excluding carboxylic acids is 6. The Hall–Kier alpha value is -3.86. The summed E-state index contributed by atoms with van der Waals surface area (Å²) in [6.45, 7) is 13.0. The van der Waals surface area contributed by atoms with Gasteiger partial charge < -0.3 is 49.1 Å². The number of alkyl carbamates (subject to hydrolysis) is 1. The normalized spacial score (nSPS) is 38.9. The minimum atomic E-state index is -2.30. The monoisotopic (exact) mass is 791 g/mol. The Morgan fingerprint density at radius 2 is 1.66 bits per heavy atom. The molecule has 5 rings (SSSR count). The number of ketones is 1. The number of rotatable bonds is 3. The van der Waals surface area contributed by atoms with Crippen LogP contribution < -0.4 is 5.32 Å². The molecule has 16 nitrogen and oxygen atoms in total. The average Bonchev–Trinajstić information content (AvgIpc) is 3.06. The summed E-state index contributed by atoms with van der Waals surface area (Å²) in [5, 5.41) is 39.3. The lowest BCUT2D eigenvalue weighted by Crippen LogP contribution is -2.82. The maximum Gasteiger partial charge on any atom is 0.408 e. The molecule has 56 heavy (non-hydrogen) atoms. The zero-order chi connectivity index (χ0) is 41.8. The molecule has 11 atom stereocenters. The number of ether oxygens (including phenoxy) is 6. The van der Waals surface area contributed by atoms with E-state index >= 15 is 4.79 Å². The highest BCUT2D eigenvalue weighted by atomic mass is 16.6. The van der Waals surface area contributed by atoms with Crippen molar-refractivity contribution in [3.05, 3.63) is 23.3 Å². The molecule has 2 heterocycles. The van der Waals surface area contributed by atoms with Gasteiger partial charge in [-0.1, -0.05) is 32.4 Å². The van der Waals surface area contributed by atoms with Crippen molar-refractivity contribution >= 4 is 35.8 Å². The fourth-order valence-corrected chi connectivity index (χ4v) is 9.44. The van der Waals surface area contributed by atoms with Crippen molar-refractivity contribution in [2.45, 2.75) is 167 Å². The Balaban J connectivity index is 1.74. The molecule has 1 saturated heterocycles. The topological polar surface area (TPSA) is 231 Å². The summed E-state index contributed by atoms with van der Waals surface area (Å²) < 4.78 is 35.3. The van der Waals surface area contributed by atoms with Crippen molar-refractivity contribution < 1.29 is 72.5 Å². The number of nitrogens with one attached hydrogen (secondary N) is 1. The zero-order valence-corrected chi connectivity index (χ0v) is 33.7. The van der Waals surface area contributed by atoms with E-state index in [4.69, 9.17) is 28.4 Å². The largest absolute Gasteiger partial charge is 0.459 e. The molecule has 0 aromatic rings. The van der Waals surface area contributed by atoms with Gasteiger partial charge in [-0.3, -0.25) is 19.2 Å². The number of hydrogen-bond donors (Lipinski definition) is 4. The molecule has 3 fully saturated rings. The van der Waals surface area contributed by atoms with Gasteiger partial charge in [0, 0.05) is 38.5 Å². The molecule has 0 unspecified atom stereocenters. The van der Waals surface area contributed by atoms with Gasteiger partial charge in [0.1, 0.15) is 29.5 Å². The molecule has 16 heteroatoms. The van der Waals surface area contributed by atoms with Crippen LogP contribution in [0.3, 0.4) is 0 Å². The highest BCUT2D eigenvalue weighted by Crippen LogP contribution is 2.64. The van der Waals surface area contributed by atoms with E-state index in [1.807, 2.05) is 0 Å². The molecule has 3 aliphatic carbocycles. The van der Waals surface area contributed by atoms with Gasteiger partial charge in [-0.2, -0.15) is 0 Å². The van der Waals surface area contributed by atoms with Gasteiger partial charge in [0.25, 0.3) is 0 Å². The van der Waals surface area contributed by atoms with Crippen LogP contribution in [0.25, 0.3) is 0 Å². The van der Waals surface area contributed by atoms with E-state index in [1.165, 1.54) is 19.9 Å². The van der Waals surface area contributed by atoms with Gasteiger partial charge in [-0.25, -0.2) is 9.59 Å². The van der Waals surface area contributed by atoms with E-state index in [0.29, 0.717) is 25.7 Å². The van der Waals surface area contributed by atoms with Crippen molar-refractivity contribution in [2.75, 3.05) is 6.61 Å². The number of aliphatic hydroxyl groups excluding tert-OH is 2. The second-order valence-electron chi connectivity index (χ2n) is 17.5. The van der Waals surface area contributed by atoms with Gasteiger partial charge in [0.2, 0.25) is 0 Å². The molecular formula is C40H57NO15. The summed E-state index contributed by atoms with van der Waals surface area (Å²) in [5.41, 5.74) is -8.26. The highest BCUT2D eigenvalue weighted by molar-refractivity contribution is 5.95. The standard InChI is InChI=1S/C40H57NO15/c1-20-24-18-40(50)33(54-27(45)16-14-12-10-11-13-15-23(29(46)34(48)53-24)41-35(49)56-36(4,5)6)31-38(9,25(44)17-26-39(31,19-51-26)55-22(3)43)32(47)30(52-21(2)42)28(20)37(40,7)8/h13,15,23-26,29-31,33,44,46,50H,10-12,14,16-19H2,1-9H3,(H,41,49)/t23-,24+,25+,26-,29+,30-,31+,33-,38-,39-,40+/m1/s1. The van der Waals surface area contributed by atoms with E-state index < -0.39 is 118 Å². The Morgan fingerprint density at radius 1 is 0.982 bits per heavy atom. The summed E-state index contributed by atoms with van der Waals surface area (Å²) >= 11 is 0. The predicted molar refractivity (Wildman–Crippen MR) is 194 cm³/mol. The molecule has 4 N–H and O–H groups in total. The van der Waals surface area contributed by atoms with E-state index in [9.17, 15) is 39.3 Å². The van der Waals surface area contributed by atoms with Gasteiger partial charge >= 0.3 is 30.0 Å². The number of allylic oxidation sites excluding steroid dienone is 1. The quantitative estimate of drug-likeness (QED) is 0.183. The van der Waals surface area contributed by atoms with Crippen molar-refractivity contribution in [2.24, 2.45) is 16.7 Å². The molecule has 3 bridgehead atoms. The number of carbonyl (C=O) groups is 6. The molecule has 0 radical (unpaired) electrons. The van der Waals surface area contributed by atoms with Crippen LogP contribution in [0.2, 0.25) is 0 Å². The second-order valence-corrected chi connectivity index (χ2v) is 17.5. The first-order chi connectivity index (χ1) is 25.9. The fraction of sp³-hybridized carbons (Fsp3) is 0.750. The maximum absolute atomic E-state index is 15.3. The first-order valence-electron chi connectivity index (χ1n) is 19.3. The van der Waals surface area contributed by atoms with E-state index in [2.05, 4.69) is 5.32 Å². The van der Waals surface area contributed by atoms with Gasteiger partial charge in [0.05, 0.1) is 30.1 Å². The van der Waals surface area contributed by atoms with Crippen LogP contribution in [0.4, 0.5) is 4.79 Å². The van der Waals surface area contributed by atoms with Crippen molar-refractivity contribution in [1.82, 2.24) is 5.32 Å². The molecule has 0 aromatic heterocycles. The summed E-state index contributed by atoms with van der Waals surface area (Å²) in [4.78, 5) is 81.6. The Morgan fingerprint density at radius 3 is 2.25 bits per heavy atom. The number of esters is 4. The number of hydrogen-bond acceptors (Lipinski definition) is 15. The summed E-state index contributed by atoms with van der Waals surface area (Å²) in [6, 6.07) is -1.31. The molecular weight excluding hydrogens is 734 g/mol. The molecule has 2 aliphatic heterocycles. The minimum Gasteiger partial charge on any atom is -0.459 e. The SMILES string of the molecule is CC(=O)O[C@H]1C(=O)[C@@]2(C)[C@H]([C@H]3OC(=O)CCCCCC=C[C@@H](NC(=O)OC(C)(C)C)[C@H](O)C(=O)O[C@H]4C[C@@]3(O)C(C)(C)C1=C4C)[C@@]1(OC(C)=O)CO[C@@H]1C[C@@H]2O. The summed E-state index contributed by atoms with van der Waals surface area (Å²) in [6.07, 6.45) is -6.03. The van der Waals surface area contributed by atoms with E-state index in [0.717, 1.165) is 13.8 Å². The first kappa shape index (κ1) is 43.3. The zero-order valence-electron chi connectivity index (χ0n) is 33.7. The predicted octanol–water partition coefficient (Wildman–Crippen LogP) is 2.66. The third-order valence-corrected chi connectivity index (χ3v) is 12.3. The Kier molecular flexibility index (Phi) is 12.0. The third kappa shape index (κ3) is 7.61. The van der Waals surface area contributed by atoms with Crippen LogP contribution in [0.15, 0.2) is 23.3 Å². The fourth-order valence-electron chi connectivity index (χ4n) is 9.44. The molecule has 2 saturated carbocycles. The smallest absolute Gasteiger partial charge is 0.408 e. The van der Waals surface area contributed by atoms with E-state index in [1.54, 1.807) is 40.7 Å². The van der Waals surface area contributed by atoms with Gasteiger partial charge in [-0.15, -0.1) is 0 Å². The van der Waals surface area contributed by atoms with Crippen LogP contribution in [0.1, 0.15) is 107 Å². The molecule has 1 amide bonds. The second kappa shape index (κ2) is 15.5. The highest BCUT2D eigenvalue weighted by Gasteiger charge is 2.78. The van der Waals surface area contributed by atoms with Gasteiger partial charge in [0.15, 0.2) is 23.6 Å². The first-order valence-corrected chi connectivity index (χ1v) is 19.3. The Labute approximate surface area is 326 Å². The molecule has 312 valence electrons. The van der Waals surface area contributed by atoms with Crippen molar-refractivity contribution in [3.8, 4) is 0 Å². The minimum absolute atomic E-state index is 0.0291. The van der Waals surface area contributed by atoms with Crippen LogP contribution in [0.5, 0.6) is 0 Å². The maximum atomic E-state index is 15.3. The number of Topliss-reactive ketones (excluding diaryl/α,β-unsaturated/α-hetero) is 1. The lowest BCUT2D eigenvalue weighted by atomic mass is 9.44. The third-order valence-electron chi connectivity index (χ3n) is 12.3. The summed E-state index contributed by atoms with van der Waals surface area (Å²) in [7, 11) is 0. The Bertz CT molecular complexity index is 1680. The van der Waals surface area contributed by atoms with Crippen LogP contribution in [-0.2, 0) is 52.4 Å². The molecule has 0 aromatic carbocycles. The van der Waals surface area contributed by atoms with Crippen LogP contribution in [-0.4, -0.2) is 117 Å². The molecule has 5 aliphatic rings. The van der Waals surface area contributed by atoms with Crippen LogP contribution >= 0.6 is 0 Å². The van der Waals surface area contributed by atoms with E-state index in [-0.39, 0.29) is 30.6 Å². The lowest BCUT2D eigenvalue weighted by Gasteiger charge is -2.67.